The van der Waals surface area contributed by atoms with Crippen molar-refractivity contribution in [3.05, 3.63) is 35.9 Å². The van der Waals surface area contributed by atoms with Gasteiger partial charge in [0.1, 0.15) is 14.2 Å². The van der Waals surface area contributed by atoms with Gasteiger partial charge in [0, 0.05) is 12.5 Å². The molecule has 0 aliphatic rings. The highest BCUT2D eigenvalue weighted by molar-refractivity contribution is 6.83. The second-order valence-electron chi connectivity index (χ2n) is 5.22. The monoisotopic (exact) mass is 280 g/mol. The molecule has 1 aromatic carbocycles. The molecule has 0 heterocycles. The molecule has 1 unspecified atom stereocenters. The van der Waals surface area contributed by atoms with Gasteiger partial charge in [-0.15, -0.1) is 17.1 Å². The molecule has 0 aromatic heterocycles. The Hall–Kier alpha value is -0.753. The van der Waals surface area contributed by atoms with E-state index in [0.717, 1.165) is 12.0 Å². The average molecular weight is 281 g/mol. The fourth-order valence-electron chi connectivity index (χ4n) is 1.39. The van der Waals surface area contributed by atoms with Gasteiger partial charge in [0.05, 0.1) is 0 Å². The molecule has 0 saturated carbocycles. The zero-order chi connectivity index (χ0) is 13.4. The van der Waals surface area contributed by atoms with Crippen molar-refractivity contribution >= 4 is 19.7 Å². The number of hydrogen-bond acceptors (Lipinski definition) is 1. The van der Waals surface area contributed by atoms with Gasteiger partial charge in [-0.2, -0.15) is 0 Å². The minimum absolute atomic E-state index is 0.124. The third-order valence-corrected chi connectivity index (χ3v) is 3.40. The Labute approximate surface area is 117 Å². The minimum atomic E-state index is -1.37. The summed E-state index contributed by atoms with van der Waals surface area (Å²) in [4.78, 5) is 0. The lowest BCUT2D eigenvalue weighted by Gasteiger charge is -2.13. The Morgan fingerprint density at radius 1 is 1.22 bits per heavy atom. The summed E-state index contributed by atoms with van der Waals surface area (Å²) in [6, 6.07) is 10.2. The summed E-state index contributed by atoms with van der Waals surface area (Å²) in [6.07, 6.45) is 0.737. The van der Waals surface area contributed by atoms with Crippen LogP contribution in [0, 0.1) is 11.5 Å². The van der Waals surface area contributed by atoms with Crippen LogP contribution in [0.4, 0.5) is 0 Å². The summed E-state index contributed by atoms with van der Waals surface area (Å²) in [5.74, 6) is 3.91. The van der Waals surface area contributed by atoms with Crippen molar-refractivity contribution < 1.29 is 4.74 Å². The normalized spacial score (nSPS) is 12.7. The second-order valence-corrected chi connectivity index (χ2v) is 10.4. The van der Waals surface area contributed by atoms with Gasteiger partial charge in [0.2, 0.25) is 0 Å². The first-order valence-corrected chi connectivity index (χ1v) is 10.3. The first-order valence-electron chi connectivity index (χ1n) is 6.28. The largest absolute Gasteiger partial charge is 0.361 e. The molecule has 0 spiro atoms. The van der Waals surface area contributed by atoms with Crippen LogP contribution in [0.5, 0.6) is 0 Å². The predicted octanol–water partition coefficient (Wildman–Crippen LogP) is 4.25. The molecule has 1 atom stereocenters. The van der Waals surface area contributed by atoms with Gasteiger partial charge >= 0.3 is 0 Å². The van der Waals surface area contributed by atoms with Gasteiger partial charge in [-0.25, -0.2) is 0 Å². The van der Waals surface area contributed by atoms with Gasteiger partial charge in [-0.1, -0.05) is 55.9 Å². The summed E-state index contributed by atoms with van der Waals surface area (Å²) in [6.45, 7) is 7.37. The van der Waals surface area contributed by atoms with Crippen LogP contribution in [0.1, 0.15) is 18.1 Å². The zero-order valence-corrected chi connectivity index (χ0v) is 13.1. The molecule has 0 aliphatic carbocycles. The van der Waals surface area contributed by atoms with Crippen LogP contribution in [0.2, 0.25) is 19.6 Å². The maximum absolute atomic E-state index is 5.83. The molecule has 1 nitrogen and oxygen atoms in total. The average Bonchev–Trinajstić information content (AvgIpc) is 2.33. The fraction of sp³-hybridized carbons (Fsp3) is 0.467. The fourth-order valence-corrected chi connectivity index (χ4v) is 2.06. The Balaban J connectivity index is 2.78. The van der Waals surface area contributed by atoms with Crippen LogP contribution in [0.15, 0.2) is 30.3 Å². The van der Waals surface area contributed by atoms with E-state index in [1.165, 1.54) is 0 Å². The zero-order valence-electron chi connectivity index (χ0n) is 11.4. The lowest BCUT2D eigenvalue weighted by atomic mass is 10.1. The smallest absolute Gasteiger partial charge is 0.142 e. The summed E-state index contributed by atoms with van der Waals surface area (Å²) in [7, 11) is -1.37. The lowest BCUT2D eigenvalue weighted by Crippen LogP contribution is -2.17. The van der Waals surface area contributed by atoms with Gasteiger partial charge in [0.15, 0.2) is 0 Å². The number of ether oxygens (including phenoxy) is 1. The molecule has 1 rings (SSSR count). The van der Waals surface area contributed by atoms with E-state index in [4.69, 9.17) is 16.3 Å². The molecule has 0 amide bonds. The van der Waals surface area contributed by atoms with E-state index in [0.29, 0.717) is 12.5 Å². The Kier molecular flexibility index (Phi) is 6.49. The third-order valence-electron chi connectivity index (χ3n) is 2.24. The molecule has 0 aliphatic heterocycles. The standard InChI is InChI=1S/C15H21ClOSi/c1-18(2,3)13-10-15(17-12-7-11-16)14-8-5-4-6-9-14/h4-6,8-9,15H,7,11-12H2,1-3H3. The Morgan fingerprint density at radius 2 is 1.89 bits per heavy atom. The molecule has 0 fully saturated rings. The van der Waals surface area contributed by atoms with Gasteiger partial charge < -0.3 is 4.74 Å². The van der Waals surface area contributed by atoms with Crippen molar-refractivity contribution in [2.75, 3.05) is 12.5 Å². The van der Waals surface area contributed by atoms with E-state index in [-0.39, 0.29) is 6.10 Å². The summed E-state index contributed by atoms with van der Waals surface area (Å²) in [5.41, 5.74) is 4.50. The van der Waals surface area contributed by atoms with Crippen LogP contribution < -0.4 is 0 Å². The van der Waals surface area contributed by atoms with E-state index in [1.54, 1.807) is 0 Å². The maximum atomic E-state index is 5.83. The van der Waals surface area contributed by atoms with Gasteiger partial charge in [-0.05, 0) is 12.0 Å². The van der Waals surface area contributed by atoms with Crippen molar-refractivity contribution in [2.24, 2.45) is 0 Å². The third kappa shape index (κ3) is 6.25. The van der Waals surface area contributed by atoms with E-state index in [9.17, 15) is 0 Å². The first kappa shape index (κ1) is 15.3. The first-order chi connectivity index (χ1) is 8.53. The SMILES string of the molecule is C[Si](C)(C)C#CC(OCCCCl)c1ccccc1. The molecule has 0 bridgehead atoms. The van der Waals surface area contributed by atoms with E-state index >= 15 is 0 Å². The Morgan fingerprint density at radius 3 is 2.44 bits per heavy atom. The molecule has 98 valence electrons. The number of alkyl halides is 1. The van der Waals surface area contributed by atoms with Crippen molar-refractivity contribution in [1.82, 2.24) is 0 Å². The van der Waals surface area contributed by atoms with Crippen LogP contribution in [-0.2, 0) is 4.74 Å². The van der Waals surface area contributed by atoms with Gasteiger partial charge in [-0.3, -0.25) is 0 Å². The quantitative estimate of drug-likeness (QED) is 0.339. The molecule has 18 heavy (non-hydrogen) atoms. The number of rotatable bonds is 5. The summed E-state index contributed by atoms with van der Waals surface area (Å²) >= 11 is 5.67. The maximum Gasteiger partial charge on any atom is 0.142 e. The van der Waals surface area contributed by atoms with E-state index in [2.05, 4.69) is 43.2 Å². The molecule has 0 N–H and O–H groups in total. The number of benzene rings is 1. The van der Waals surface area contributed by atoms with Crippen molar-refractivity contribution in [3.63, 3.8) is 0 Å². The number of hydrogen-bond donors (Lipinski definition) is 0. The molecule has 3 heteroatoms. The van der Waals surface area contributed by atoms with Crippen molar-refractivity contribution in [3.8, 4) is 11.5 Å². The molecular weight excluding hydrogens is 260 g/mol. The summed E-state index contributed by atoms with van der Waals surface area (Å²) in [5, 5.41) is 0. The van der Waals surface area contributed by atoms with Crippen LogP contribution in [-0.4, -0.2) is 20.6 Å². The molecular formula is C15H21ClOSi. The van der Waals surface area contributed by atoms with Crippen LogP contribution in [0.3, 0.4) is 0 Å². The molecule has 1 aromatic rings. The second kappa shape index (κ2) is 7.63. The molecule has 0 radical (unpaired) electrons. The molecule has 0 saturated heterocycles. The van der Waals surface area contributed by atoms with Gasteiger partial charge in [0.25, 0.3) is 0 Å². The van der Waals surface area contributed by atoms with Crippen LogP contribution in [0.25, 0.3) is 0 Å². The Bertz CT molecular complexity index is 400. The van der Waals surface area contributed by atoms with E-state index in [1.807, 2.05) is 18.2 Å². The highest BCUT2D eigenvalue weighted by atomic mass is 35.5. The number of halogens is 1. The van der Waals surface area contributed by atoms with E-state index < -0.39 is 8.07 Å². The lowest BCUT2D eigenvalue weighted by molar-refractivity contribution is 0.0927. The summed E-state index contributed by atoms with van der Waals surface area (Å²) < 4.78 is 5.83. The highest BCUT2D eigenvalue weighted by Crippen LogP contribution is 2.17. The van der Waals surface area contributed by atoms with Crippen molar-refractivity contribution in [1.29, 1.82) is 0 Å². The highest BCUT2D eigenvalue weighted by Gasteiger charge is 2.11. The minimum Gasteiger partial charge on any atom is -0.361 e. The predicted molar refractivity (Wildman–Crippen MR) is 81.6 cm³/mol. The van der Waals surface area contributed by atoms with Crippen molar-refractivity contribution in [2.45, 2.75) is 32.2 Å². The van der Waals surface area contributed by atoms with Crippen LogP contribution >= 0.6 is 11.6 Å². The topological polar surface area (TPSA) is 9.23 Å².